The number of nitrogens with two attached hydrogens (primary N) is 1. The number of halogens is 1. The van der Waals surface area contributed by atoms with Crippen LogP contribution in [0.4, 0.5) is 0 Å². The first-order valence-corrected chi connectivity index (χ1v) is 6.15. The molecular weight excluding hydrogens is 242 g/mol. The van der Waals surface area contributed by atoms with Crippen LogP contribution >= 0.6 is 15.9 Å². The largest absolute Gasteiger partial charge is 0.369 e. The molecule has 0 aromatic heterocycles. The highest BCUT2D eigenvalue weighted by atomic mass is 79.9. The van der Waals surface area contributed by atoms with Gasteiger partial charge >= 0.3 is 0 Å². The Kier molecular flexibility index (Phi) is 2.08. The highest BCUT2D eigenvalue weighted by molar-refractivity contribution is 9.09. The lowest BCUT2D eigenvalue weighted by Crippen LogP contribution is -2.39. The summed E-state index contributed by atoms with van der Waals surface area (Å²) in [5, 5.41) is 0.887. The molecule has 2 rings (SSSR count). The number of fused-ring (bicyclic) bond motifs is 2. The molecule has 2 fully saturated rings. The Labute approximate surface area is 93.1 Å². The van der Waals surface area contributed by atoms with Crippen molar-refractivity contribution in [3.8, 4) is 0 Å². The third-order valence-corrected chi connectivity index (χ3v) is 5.60. The summed E-state index contributed by atoms with van der Waals surface area (Å²) in [6, 6.07) is 0. The Hall–Kier alpha value is -0.310. The smallest absolute Gasteiger partial charge is 0.227 e. The first-order chi connectivity index (χ1) is 6.47. The molecule has 78 valence electrons. The number of alkyl halides is 1. The zero-order valence-corrected chi connectivity index (χ0v) is 10.1. The fourth-order valence-corrected chi connectivity index (χ4v) is 4.01. The van der Waals surface area contributed by atoms with Crippen molar-refractivity contribution in [2.24, 2.45) is 22.5 Å². The van der Waals surface area contributed by atoms with E-state index in [-0.39, 0.29) is 16.7 Å². The summed E-state index contributed by atoms with van der Waals surface area (Å²) in [4.78, 5) is 11.5. The second-order valence-electron chi connectivity index (χ2n) is 4.92. The lowest BCUT2D eigenvalue weighted by molar-refractivity contribution is -0.125. The van der Waals surface area contributed by atoms with Gasteiger partial charge in [-0.05, 0) is 25.2 Å². The van der Waals surface area contributed by atoms with Crippen LogP contribution in [0.15, 0.2) is 12.2 Å². The molecular formula is C11H16BrNO. The molecule has 3 atom stereocenters. The highest BCUT2D eigenvalue weighted by Gasteiger charge is 2.61. The van der Waals surface area contributed by atoms with Crippen molar-refractivity contribution in [2.45, 2.75) is 26.2 Å². The SMILES string of the molecule is C=C1C2(C(N)=O)CCC(C2)C1(C)CBr. The minimum absolute atomic E-state index is 0.0767. The molecule has 2 aliphatic carbocycles. The van der Waals surface area contributed by atoms with E-state index in [1.807, 2.05) is 0 Å². The second-order valence-corrected chi connectivity index (χ2v) is 5.48. The second kappa shape index (κ2) is 2.84. The van der Waals surface area contributed by atoms with Crippen LogP contribution < -0.4 is 5.73 Å². The van der Waals surface area contributed by atoms with Crippen molar-refractivity contribution >= 4 is 21.8 Å². The Morgan fingerprint density at radius 1 is 1.79 bits per heavy atom. The number of rotatable bonds is 2. The Balaban J connectivity index is 2.44. The van der Waals surface area contributed by atoms with Gasteiger partial charge in [0.2, 0.25) is 5.91 Å². The van der Waals surface area contributed by atoms with E-state index in [9.17, 15) is 4.79 Å². The minimum Gasteiger partial charge on any atom is -0.369 e. The van der Waals surface area contributed by atoms with Crippen LogP contribution in [0.1, 0.15) is 26.2 Å². The zero-order valence-electron chi connectivity index (χ0n) is 8.48. The van der Waals surface area contributed by atoms with Gasteiger partial charge in [0.25, 0.3) is 0 Å². The molecule has 1 amide bonds. The molecule has 2 saturated carbocycles. The van der Waals surface area contributed by atoms with E-state index in [4.69, 9.17) is 5.73 Å². The Morgan fingerprint density at radius 2 is 2.43 bits per heavy atom. The normalized spacial score (nSPS) is 45.9. The number of carbonyl (C=O) groups excluding carboxylic acids is 1. The number of amides is 1. The van der Waals surface area contributed by atoms with E-state index in [1.54, 1.807) is 0 Å². The third-order valence-electron chi connectivity index (χ3n) is 4.43. The van der Waals surface area contributed by atoms with E-state index in [0.29, 0.717) is 5.92 Å². The summed E-state index contributed by atoms with van der Waals surface area (Å²) in [6.07, 6.45) is 2.95. The summed E-state index contributed by atoms with van der Waals surface area (Å²) in [5.74, 6) is 0.413. The van der Waals surface area contributed by atoms with Crippen LogP contribution in [0.2, 0.25) is 0 Å². The van der Waals surface area contributed by atoms with Gasteiger partial charge in [-0.1, -0.05) is 35.0 Å². The van der Waals surface area contributed by atoms with Crippen LogP contribution in [0.25, 0.3) is 0 Å². The monoisotopic (exact) mass is 257 g/mol. The predicted octanol–water partition coefficient (Wildman–Crippen LogP) is 2.23. The molecule has 0 spiro atoms. The van der Waals surface area contributed by atoms with Crippen molar-refractivity contribution in [3.63, 3.8) is 0 Å². The van der Waals surface area contributed by atoms with E-state index in [0.717, 1.165) is 30.2 Å². The molecule has 2 nitrogen and oxygen atoms in total. The van der Waals surface area contributed by atoms with Gasteiger partial charge in [-0.25, -0.2) is 0 Å². The summed E-state index contributed by atoms with van der Waals surface area (Å²) in [5.41, 5.74) is 6.28. The molecule has 3 heteroatoms. The number of hydrogen-bond donors (Lipinski definition) is 1. The molecule has 0 aromatic carbocycles. The minimum atomic E-state index is -0.382. The maximum atomic E-state index is 11.5. The van der Waals surface area contributed by atoms with Gasteiger partial charge in [0.15, 0.2) is 0 Å². The van der Waals surface area contributed by atoms with Crippen LogP contribution in [-0.4, -0.2) is 11.2 Å². The van der Waals surface area contributed by atoms with E-state index >= 15 is 0 Å². The third kappa shape index (κ3) is 0.940. The first kappa shape index (κ1) is 10.2. The van der Waals surface area contributed by atoms with Crippen molar-refractivity contribution in [1.29, 1.82) is 0 Å². The van der Waals surface area contributed by atoms with E-state index in [2.05, 4.69) is 29.4 Å². The average molecular weight is 258 g/mol. The molecule has 0 aliphatic heterocycles. The van der Waals surface area contributed by atoms with Crippen LogP contribution in [0.3, 0.4) is 0 Å². The molecule has 0 aromatic rings. The van der Waals surface area contributed by atoms with Gasteiger partial charge in [0.1, 0.15) is 0 Å². The summed E-state index contributed by atoms with van der Waals surface area (Å²) >= 11 is 3.53. The Morgan fingerprint density at radius 3 is 2.79 bits per heavy atom. The van der Waals surface area contributed by atoms with Gasteiger partial charge in [-0.15, -0.1) is 0 Å². The number of carbonyl (C=O) groups is 1. The van der Waals surface area contributed by atoms with Crippen LogP contribution in [-0.2, 0) is 4.79 Å². The first-order valence-electron chi connectivity index (χ1n) is 5.03. The summed E-state index contributed by atoms with van der Waals surface area (Å²) in [7, 11) is 0. The Bertz CT molecular complexity index is 314. The topological polar surface area (TPSA) is 43.1 Å². The summed E-state index contributed by atoms with van der Waals surface area (Å²) < 4.78 is 0. The lowest BCUT2D eigenvalue weighted by Gasteiger charge is -2.37. The van der Waals surface area contributed by atoms with Crippen molar-refractivity contribution in [2.75, 3.05) is 5.33 Å². The average Bonchev–Trinajstić information content (AvgIpc) is 2.67. The lowest BCUT2D eigenvalue weighted by atomic mass is 9.68. The van der Waals surface area contributed by atoms with Gasteiger partial charge in [-0.2, -0.15) is 0 Å². The van der Waals surface area contributed by atoms with Crippen molar-refractivity contribution in [1.82, 2.24) is 0 Å². The molecule has 2 N–H and O–H groups in total. The molecule has 2 aliphatic rings. The van der Waals surface area contributed by atoms with Gasteiger partial charge in [0.05, 0.1) is 5.41 Å². The molecule has 0 saturated heterocycles. The van der Waals surface area contributed by atoms with Gasteiger partial charge in [0, 0.05) is 10.7 Å². The molecule has 14 heavy (non-hydrogen) atoms. The van der Waals surface area contributed by atoms with Gasteiger partial charge in [-0.3, -0.25) is 4.79 Å². The quantitative estimate of drug-likeness (QED) is 0.599. The molecule has 2 bridgehead atoms. The number of hydrogen-bond acceptors (Lipinski definition) is 1. The highest BCUT2D eigenvalue weighted by Crippen LogP contribution is 2.65. The van der Waals surface area contributed by atoms with Crippen LogP contribution in [0, 0.1) is 16.7 Å². The van der Waals surface area contributed by atoms with E-state index in [1.165, 1.54) is 0 Å². The summed E-state index contributed by atoms with van der Waals surface area (Å²) in [6.45, 7) is 6.32. The van der Waals surface area contributed by atoms with Crippen LogP contribution in [0.5, 0.6) is 0 Å². The fraction of sp³-hybridized carbons (Fsp3) is 0.727. The number of primary amides is 1. The standard InChI is InChI=1S/C11H16BrNO/c1-7-10(2,6-12)8-3-4-11(7,5-8)9(13)14/h8H,1,3-6H2,2H3,(H2,13,14). The van der Waals surface area contributed by atoms with Gasteiger partial charge < -0.3 is 5.73 Å². The maximum Gasteiger partial charge on any atom is 0.227 e. The fourth-order valence-electron chi connectivity index (χ4n) is 3.22. The van der Waals surface area contributed by atoms with Crippen molar-refractivity contribution < 1.29 is 4.79 Å². The van der Waals surface area contributed by atoms with E-state index < -0.39 is 0 Å². The maximum absolute atomic E-state index is 11.5. The van der Waals surface area contributed by atoms with Crippen molar-refractivity contribution in [3.05, 3.63) is 12.2 Å². The predicted molar refractivity (Wildman–Crippen MR) is 60.0 cm³/mol. The molecule has 0 radical (unpaired) electrons. The molecule has 0 heterocycles. The molecule has 3 unspecified atom stereocenters. The zero-order chi connectivity index (χ0) is 10.6.